The van der Waals surface area contributed by atoms with Crippen LogP contribution in [0.1, 0.15) is 24.0 Å². The number of nitrogens with one attached hydrogen (secondary N) is 1. The number of nitrogens with two attached hydrogens (primary N) is 1. The smallest absolute Gasteiger partial charge is 0.252 e. The van der Waals surface area contributed by atoms with Crippen LogP contribution in [0.15, 0.2) is 10.9 Å². The Morgan fingerprint density at radius 1 is 1.56 bits per heavy atom. The lowest BCUT2D eigenvalue weighted by molar-refractivity contribution is 0.601. The highest BCUT2D eigenvalue weighted by atomic mass is 16.1. The summed E-state index contributed by atoms with van der Waals surface area (Å²) in [6.45, 7) is 4.48. The summed E-state index contributed by atoms with van der Waals surface area (Å²) in [7, 11) is 0. The van der Waals surface area contributed by atoms with Crippen LogP contribution in [0.2, 0.25) is 0 Å². The first-order valence-corrected chi connectivity index (χ1v) is 5.91. The molecular weight excluding hydrogens is 202 g/mol. The zero-order valence-electron chi connectivity index (χ0n) is 9.75. The van der Waals surface area contributed by atoms with E-state index in [9.17, 15) is 4.79 Å². The van der Waals surface area contributed by atoms with Crippen molar-refractivity contribution in [2.45, 2.75) is 32.7 Å². The van der Waals surface area contributed by atoms with E-state index in [0.717, 1.165) is 43.7 Å². The summed E-state index contributed by atoms with van der Waals surface area (Å²) in [5.41, 5.74) is 7.99. The van der Waals surface area contributed by atoms with E-state index in [2.05, 4.69) is 5.32 Å². The molecule has 0 fully saturated rings. The lowest BCUT2D eigenvalue weighted by Crippen LogP contribution is -2.30. The van der Waals surface area contributed by atoms with Crippen LogP contribution in [-0.4, -0.2) is 17.7 Å². The normalized spacial score (nSPS) is 14.4. The Bertz CT molecular complexity index is 437. The molecule has 4 nitrogen and oxygen atoms in total. The molecule has 2 rings (SSSR count). The number of aryl methyl sites for hydroxylation is 1. The molecule has 0 unspecified atom stereocenters. The summed E-state index contributed by atoms with van der Waals surface area (Å²) in [5.74, 6) is 1.02. The van der Waals surface area contributed by atoms with Crippen molar-refractivity contribution >= 4 is 5.82 Å². The molecule has 0 spiro atoms. The van der Waals surface area contributed by atoms with Gasteiger partial charge in [-0.1, -0.05) is 0 Å². The van der Waals surface area contributed by atoms with Crippen molar-refractivity contribution in [3.05, 3.63) is 27.5 Å². The molecule has 0 radical (unpaired) electrons. The van der Waals surface area contributed by atoms with Gasteiger partial charge in [-0.15, -0.1) is 0 Å². The minimum absolute atomic E-state index is 0.108. The molecule has 16 heavy (non-hydrogen) atoms. The zero-order valence-corrected chi connectivity index (χ0v) is 9.75. The molecule has 1 aliphatic heterocycles. The monoisotopic (exact) mass is 221 g/mol. The summed E-state index contributed by atoms with van der Waals surface area (Å²) in [6, 6.07) is 1.74. The van der Waals surface area contributed by atoms with E-state index in [0.29, 0.717) is 6.54 Å². The largest absolute Gasteiger partial charge is 0.371 e. The Hall–Kier alpha value is -1.29. The van der Waals surface area contributed by atoms with Gasteiger partial charge in [-0.05, 0) is 43.9 Å². The van der Waals surface area contributed by atoms with Gasteiger partial charge in [0.25, 0.3) is 5.56 Å². The Labute approximate surface area is 95.5 Å². The SMILES string of the molecule is Cc1cc(=O)n2c(c1CCCN)NCCC2. The van der Waals surface area contributed by atoms with Crippen molar-refractivity contribution in [2.75, 3.05) is 18.4 Å². The van der Waals surface area contributed by atoms with E-state index in [4.69, 9.17) is 5.73 Å². The van der Waals surface area contributed by atoms with Crippen LogP contribution in [0.5, 0.6) is 0 Å². The topological polar surface area (TPSA) is 60.0 Å². The highest BCUT2D eigenvalue weighted by Gasteiger charge is 2.15. The van der Waals surface area contributed by atoms with Crippen molar-refractivity contribution in [1.29, 1.82) is 0 Å². The Kier molecular flexibility index (Phi) is 3.29. The first-order chi connectivity index (χ1) is 7.74. The molecule has 0 amide bonds. The number of fused-ring (bicyclic) bond motifs is 1. The number of anilines is 1. The van der Waals surface area contributed by atoms with Crippen LogP contribution in [0, 0.1) is 6.92 Å². The molecule has 1 aromatic rings. The van der Waals surface area contributed by atoms with Crippen molar-refractivity contribution in [3.8, 4) is 0 Å². The quantitative estimate of drug-likeness (QED) is 0.796. The fourth-order valence-corrected chi connectivity index (χ4v) is 2.27. The molecule has 88 valence electrons. The average molecular weight is 221 g/mol. The van der Waals surface area contributed by atoms with Gasteiger partial charge in [-0.3, -0.25) is 9.36 Å². The van der Waals surface area contributed by atoms with Gasteiger partial charge >= 0.3 is 0 Å². The molecule has 1 aromatic heterocycles. The summed E-state index contributed by atoms with van der Waals surface area (Å²) in [5, 5.41) is 3.34. The third-order valence-electron chi connectivity index (χ3n) is 3.12. The maximum Gasteiger partial charge on any atom is 0.252 e. The third kappa shape index (κ3) is 1.97. The first-order valence-electron chi connectivity index (χ1n) is 5.91. The van der Waals surface area contributed by atoms with Gasteiger partial charge < -0.3 is 11.1 Å². The molecule has 0 saturated carbocycles. The number of hydrogen-bond donors (Lipinski definition) is 2. The third-order valence-corrected chi connectivity index (χ3v) is 3.12. The van der Waals surface area contributed by atoms with Gasteiger partial charge in [-0.2, -0.15) is 0 Å². The van der Waals surface area contributed by atoms with E-state index < -0.39 is 0 Å². The number of nitrogens with zero attached hydrogens (tertiary/aromatic N) is 1. The highest BCUT2D eigenvalue weighted by Crippen LogP contribution is 2.22. The molecule has 0 saturated heterocycles. The minimum Gasteiger partial charge on any atom is -0.371 e. The Balaban J connectivity index is 2.46. The average Bonchev–Trinajstić information content (AvgIpc) is 2.29. The second-order valence-electron chi connectivity index (χ2n) is 4.32. The summed E-state index contributed by atoms with van der Waals surface area (Å²) >= 11 is 0. The van der Waals surface area contributed by atoms with Crippen LogP contribution in [-0.2, 0) is 13.0 Å². The number of rotatable bonds is 3. The van der Waals surface area contributed by atoms with Crippen LogP contribution >= 0.6 is 0 Å². The highest BCUT2D eigenvalue weighted by molar-refractivity contribution is 5.50. The van der Waals surface area contributed by atoms with Crippen molar-refractivity contribution in [1.82, 2.24) is 4.57 Å². The van der Waals surface area contributed by atoms with E-state index in [1.54, 1.807) is 6.07 Å². The molecule has 0 atom stereocenters. The van der Waals surface area contributed by atoms with Crippen LogP contribution in [0.3, 0.4) is 0 Å². The molecular formula is C12H19N3O. The summed E-state index contributed by atoms with van der Waals surface area (Å²) in [4.78, 5) is 11.8. The molecule has 2 heterocycles. The van der Waals surface area contributed by atoms with E-state index >= 15 is 0 Å². The van der Waals surface area contributed by atoms with Crippen molar-refractivity contribution in [3.63, 3.8) is 0 Å². The molecule has 0 aromatic carbocycles. The summed E-state index contributed by atoms with van der Waals surface area (Å²) < 4.78 is 1.85. The van der Waals surface area contributed by atoms with Gasteiger partial charge in [0.05, 0.1) is 0 Å². The second kappa shape index (κ2) is 4.70. The van der Waals surface area contributed by atoms with Gasteiger partial charge in [-0.25, -0.2) is 0 Å². The Morgan fingerprint density at radius 3 is 3.12 bits per heavy atom. The zero-order chi connectivity index (χ0) is 11.5. The molecule has 1 aliphatic rings. The van der Waals surface area contributed by atoms with Crippen LogP contribution < -0.4 is 16.6 Å². The van der Waals surface area contributed by atoms with Gasteiger partial charge in [0.1, 0.15) is 5.82 Å². The van der Waals surface area contributed by atoms with E-state index in [-0.39, 0.29) is 5.56 Å². The molecule has 4 heteroatoms. The predicted octanol–water partition coefficient (Wildman–Crippen LogP) is 0.864. The van der Waals surface area contributed by atoms with Gasteiger partial charge in [0.2, 0.25) is 0 Å². The van der Waals surface area contributed by atoms with Crippen LogP contribution in [0.25, 0.3) is 0 Å². The fourth-order valence-electron chi connectivity index (χ4n) is 2.27. The minimum atomic E-state index is 0.108. The van der Waals surface area contributed by atoms with Gasteiger partial charge in [0, 0.05) is 19.2 Å². The molecule has 0 aliphatic carbocycles. The molecule has 3 N–H and O–H groups in total. The lowest BCUT2D eigenvalue weighted by Gasteiger charge is -2.24. The van der Waals surface area contributed by atoms with Crippen LogP contribution in [0.4, 0.5) is 5.82 Å². The first kappa shape index (κ1) is 11.2. The number of pyridine rings is 1. The van der Waals surface area contributed by atoms with E-state index in [1.807, 2.05) is 11.5 Å². The number of hydrogen-bond acceptors (Lipinski definition) is 3. The molecule has 0 bridgehead atoms. The number of aromatic nitrogens is 1. The maximum absolute atomic E-state index is 11.8. The van der Waals surface area contributed by atoms with E-state index in [1.165, 1.54) is 5.56 Å². The standard InChI is InChI=1S/C12H19N3O/c1-9-8-11(16)15-7-3-6-14-12(15)10(9)4-2-5-13/h8,14H,2-7,13H2,1H3. The van der Waals surface area contributed by atoms with Crippen molar-refractivity contribution in [2.24, 2.45) is 5.73 Å². The fraction of sp³-hybridized carbons (Fsp3) is 0.583. The predicted molar refractivity (Wildman–Crippen MR) is 65.9 cm³/mol. The second-order valence-corrected chi connectivity index (χ2v) is 4.32. The Morgan fingerprint density at radius 2 is 2.38 bits per heavy atom. The maximum atomic E-state index is 11.8. The van der Waals surface area contributed by atoms with Crippen molar-refractivity contribution < 1.29 is 0 Å². The lowest BCUT2D eigenvalue weighted by atomic mass is 10.0. The van der Waals surface area contributed by atoms with Gasteiger partial charge in [0.15, 0.2) is 0 Å². The summed E-state index contributed by atoms with van der Waals surface area (Å²) in [6.07, 6.45) is 2.94.